The van der Waals surface area contributed by atoms with Gasteiger partial charge in [0, 0.05) is 24.2 Å². The average Bonchev–Trinajstić information content (AvgIpc) is 2.78. The number of hydrogen-bond acceptors (Lipinski definition) is 5. The molecule has 0 fully saturated rings. The molecule has 4 N–H and O–H groups in total. The van der Waals surface area contributed by atoms with Gasteiger partial charge in [-0.1, -0.05) is 31.2 Å². The number of anilines is 1. The summed E-state index contributed by atoms with van der Waals surface area (Å²) in [5.74, 6) is 0.480. The molecule has 0 saturated heterocycles. The van der Waals surface area contributed by atoms with Crippen LogP contribution in [0.4, 0.5) is 10.2 Å². The summed E-state index contributed by atoms with van der Waals surface area (Å²) in [5, 5.41) is 14.6. The molecule has 0 radical (unpaired) electrons. The third-order valence-electron chi connectivity index (χ3n) is 4.78. The zero-order valence-corrected chi connectivity index (χ0v) is 16.9. The summed E-state index contributed by atoms with van der Waals surface area (Å²) in [6, 6.07) is 17.5. The molecule has 7 heteroatoms. The quantitative estimate of drug-likeness (QED) is 0.472. The van der Waals surface area contributed by atoms with Gasteiger partial charge in [0.15, 0.2) is 0 Å². The highest BCUT2D eigenvalue weighted by atomic mass is 19.1. The molecule has 2 aromatic carbocycles. The van der Waals surface area contributed by atoms with Crippen LogP contribution in [-0.4, -0.2) is 35.7 Å². The monoisotopic (exact) mass is 407 g/mol. The van der Waals surface area contributed by atoms with Gasteiger partial charge in [-0.05, 0) is 60.8 Å². The second kappa shape index (κ2) is 10.5. The fraction of sp³-hybridized carbons (Fsp3) is 0.261. The number of hydrogen-bond donors (Lipinski definition) is 3. The minimum atomic E-state index is -0.238. The van der Waals surface area contributed by atoms with Crippen LogP contribution in [0, 0.1) is 5.82 Å². The van der Waals surface area contributed by atoms with Gasteiger partial charge >= 0.3 is 0 Å². The maximum Gasteiger partial charge on any atom is 0.251 e. The van der Waals surface area contributed by atoms with Crippen molar-refractivity contribution in [1.82, 2.24) is 15.5 Å². The Morgan fingerprint density at radius 3 is 2.60 bits per heavy atom. The van der Waals surface area contributed by atoms with Crippen LogP contribution in [0.2, 0.25) is 0 Å². The van der Waals surface area contributed by atoms with Crippen molar-refractivity contribution < 1.29 is 9.18 Å². The van der Waals surface area contributed by atoms with Crippen molar-refractivity contribution in [2.75, 3.05) is 25.0 Å². The molecule has 156 valence electrons. The van der Waals surface area contributed by atoms with E-state index in [-0.39, 0.29) is 17.6 Å². The molecule has 0 spiro atoms. The first-order valence-electron chi connectivity index (χ1n) is 9.98. The first-order chi connectivity index (χ1) is 14.6. The zero-order valence-electron chi connectivity index (χ0n) is 16.9. The standard InChI is InChI=1S/C23H26FN5O/c1-16(17-6-8-20(24)9-7-17)15-27-22-11-10-21(28-29-22)18-4-2-5-19(14-18)23(30)26-13-3-12-25/h2,4-11,14,16H,3,12-13,15,25H2,1H3,(H,26,30)(H,27,29). The Morgan fingerprint density at radius 2 is 1.90 bits per heavy atom. The van der Waals surface area contributed by atoms with Crippen LogP contribution in [0.1, 0.15) is 35.2 Å². The Labute approximate surface area is 175 Å². The summed E-state index contributed by atoms with van der Waals surface area (Å²) in [5.41, 5.74) is 8.58. The van der Waals surface area contributed by atoms with E-state index in [2.05, 4.69) is 27.8 Å². The van der Waals surface area contributed by atoms with Crippen LogP contribution in [0.5, 0.6) is 0 Å². The molecule has 3 aromatic rings. The first kappa shape index (κ1) is 21.4. The van der Waals surface area contributed by atoms with E-state index in [9.17, 15) is 9.18 Å². The molecular formula is C23H26FN5O. The SMILES string of the molecule is CC(CNc1ccc(-c2cccc(C(=O)NCCCN)c2)nn1)c1ccc(F)cc1. The van der Waals surface area contributed by atoms with E-state index in [4.69, 9.17) is 5.73 Å². The van der Waals surface area contributed by atoms with E-state index in [1.54, 1.807) is 24.3 Å². The summed E-state index contributed by atoms with van der Waals surface area (Å²) in [4.78, 5) is 12.2. The second-order valence-electron chi connectivity index (χ2n) is 7.12. The van der Waals surface area contributed by atoms with Gasteiger partial charge in [-0.15, -0.1) is 10.2 Å². The van der Waals surface area contributed by atoms with Gasteiger partial charge in [0.05, 0.1) is 5.69 Å². The summed E-state index contributed by atoms with van der Waals surface area (Å²) < 4.78 is 13.1. The summed E-state index contributed by atoms with van der Waals surface area (Å²) >= 11 is 0. The Morgan fingerprint density at radius 1 is 1.10 bits per heavy atom. The van der Waals surface area contributed by atoms with Gasteiger partial charge < -0.3 is 16.4 Å². The summed E-state index contributed by atoms with van der Waals surface area (Å²) in [6.07, 6.45) is 0.741. The normalized spacial score (nSPS) is 11.7. The Kier molecular flexibility index (Phi) is 7.45. The van der Waals surface area contributed by atoms with Gasteiger partial charge in [0.2, 0.25) is 0 Å². The number of nitrogens with zero attached hydrogens (tertiary/aromatic N) is 2. The lowest BCUT2D eigenvalue weighted by Gasteiger charge is -2.13. The lowest BCUT2D eigenvalue weighted by atomic mass is 10.0. The molecular weight excluding hydrogens is 381 g/mol. The lowest BCUT2D eigenvalue weighted by molar-refractivity contribution is 0.0953. The molecule has 0 bridgehead atoms. The van der Waals surface area contributed by atoms with Crippen LogP contribution >= 0.6 is 0 Å². The Balaban J connectivity index is 1.60. The number of benzene rings is 2. The maximum atomic E-state index is 13.1. The number of halogens is 1. The molecule has 1 atom stereocenters. The van der Waals surface area contributed by atoms with E-state index in [0.29, 0.717) is 36.7 Å². The molecule has 1 unspecified atom stereocenters. The largest absolute Gasteiger partial charge is 0.368 e. The van der Waals surface area contributed by atoms with E-state index in [0.717, 1.165) is 17.5 Å². The number of amides is 1. The topological polar surface area (TPSA) is 92.9 Å². The number of nitrogens with two attached hydrogens (primary N) is 1. The molecule has 30 heavy (non-hydrogen) atoms. The van der Waals surface area contributed by atoms with Crippen molar-refractivity contribution in [3.63, 3.8) is 0 Å². The van der Waals surface area contributed by atoms with Gasteiger partial charge in [-0.25, -0.2) is 4.39 Å². The first-order valence-corrected chi connectivity index (χ1v) is 9.98. The molecule has 6 nitrogen and oxygen atoms in total. The highest BCUT2D eigenvalue weighted by molar-refractivity contribution is 5.95. The third kappa shape index (κ3) is 5.84. The lowest BCUT2D eigenvalue weighted by Crippen LogP contribution is -2.25. The Bertz CT molecular complexity index is 960. The molecule has 0 saturated carbocycles. The van der Waals surface area contributed by atoms with Crippen LogP contribution in [0.15, 0.2) is 60.7 Å². The van der Waals surface area contributed by atoms with E-state index in [1.165, 1.54) is 12.1 Å². The molecule has 0 aliphatic heterocycles. The van der Waals surface area contributed by atoms with Crippen molar-refractivity contribution in [1.29, 1.82) is 0 Å². The van der Waals surface area contributed by atoms with Crippen molar-refractivity contribution >= 4 is 11.7 Å². The maximum absolute atomic E-state index is 13.1. The zero-order chi connectivity index (χ0) is 21.3. The number of rotatable bonds is 9. The Hall–Kier alpha value is -3.32. The number of carbonyl (C=O) groups excluding carboxylic acids is 1. The third-order valence-corrected chi connectivity index (χ3v) is 4.78. The van der Waals surface area contributed by atoms with Crippen LogP contribution < -0.4 is 16.4 Å². The van der Waals surface area contributed by atoms with Gasteiger partial charge in [-0.3, -0.25) is 4.79 Å². The minimum absolute atomic E-state index is 0.133. The predicted octanol–water partition coefficient (Wildman–Crippen LogP) is 3.58. The van der Waals surface area contributed by atoms with Gasteiger partial charge in [-0.2, -0.15) is 0 Å². The van der Waals surface area contributed by atoms with E-state index >= 15 is 0 Å². The predicted molar refractivity (Wildman–Crippen MR) is 117 cm³/mol. The van der Waals surface area contributed by atoms with Crippen LogP contribution in [0.25, 0.3) is 11.3 Å². The average molecular weight is 407 g/mol. The molecule has 1 heterocycles. The van der Waals surface area contributed by atoms with Crippen LogP contribution in [-0.2, 0) is 0 Å². The number of nitrogens with one attached hydrogen (secondary N) is 2. The summed E-state index contributed by atoms with van der Waals surface area (Å²) in [6.45, 7) is 3.80. The van der Waals surface area contributed by atoms with Crippen molar-refractivity contribution in [2.45, 2.75) is 19.3 Å². The second-order valence-corrected chi connectivity index (χ2v) is 7.12. The fourth-order valence-electron chi connectivity index (χ4n) is 2.97. The highest BCUT2D eigenvalue weighted by Crippen LogP contribution is 2.20. The van der Waals surface area contributed by atoms with E-state index in [1.807, 2.05) is 24.3 Å². The molecule has 1 amide bonds. The molecule has 3 rings (SSSR count). The minimum Gasteiger partial charge on any atom is -0.368 e. The van der Waals surface area contributed by atoms with Crippen molar-refractivity contribution in [3.8, 4) is 11.3 Å². The van der Waals surface area contributed by atoms with Gasteiger partial charge in [0.25, 0.3) is 5.91 Å². The number of carbonyl (C=O) groups is 1. The summed E-state index contributed by atoms with van der Waals surface area (Å²) in [7, 11) is 0. The van der Waals surface area contributed by atoms with Crippen LogP contribution in [0.3, 0.4) is 0 Å². The van der Waals surface area contributed by atoms with Crippen molar-refractivity contribution in [2.24, 2.45) is 5.73 Å². The number of aromatic nitrogens is 2. The highest BCUT2D eigenvalue weighted by Gasteiger charge is 2.09. The fourth-order valence-corrected chi connectivity index (χ4v) is 2.97. The van der Waals surface area contributed by atoms with E-state index < -0.39 is 0 Å². The molecule has 1 aromatic heterocycles. The van der Waals surface area contributed by atoms with Gasteiger partial charge in [0.1, 0.15) is 11.6 Å². The molecule has 0 aliphatic carbocycles. The molecule has 0 aliphatic rings. The smallest absolute Gasteiger partial charge is 0.251 e. The van der Waals surface area contributed by atoms with Crippen molar-refractivity contribution in [3.05, 3.63) is 77.6 Å².